The summed E-state index contributed by atoms with van der Waals surface area (Å²) in [6, 6.07) is 7.70. The second-order valence-electron chi connectivity index (χ2n) is 3.78. The van der Waals surface area contributed by atoms with Crippen molar-refractivity contribution >= 4 is 44.9 Å². The van der Waals surface area contributed by atoms with Crippen LogP contribution in [0, 0.1) is 0 Å². The van der Waals surface area contributed by atoms with Crippen LogP contribution in [0.15, 0.2) is 35.1 Å². The molecule has 3 nitrogen and oxygen atoms in total. The number of halogens is 3. The Labute approximate surface area is 124 Å². The summed E-state index contributed by atoms with van der Waals surface area (Å²) in [6.07, 6.45) is 1.45. The molecule has 0 saturated heterocycles. The van der Waals surface area contributed by atoms with Gasteiger partial charge in [-0.15, -0.1) is 0 Å². The summed E-state index contributed by atoms with van der Waals surface area (Å²) in [7, 11) is 1.94. The normalized spacial score (nSPS) is 10.4. The van der Waals surface area contributed by atoms with Crippen molar-refractivity contribution in [1.82, 2.24) is 9.97 Å². The van der Waals surface area contributed by atoms with Crippen LogP contribution in [0.4, 0.5) is 5.82 Å². The van der Waals surface area contributed by atoms with Crippen molar-refractivity contribution in [3.05, 3.63) is 50.8 Å². The zero-order valence-corrected chi connectivity index (χ0v) is 12.7. The average molecular weight is 347 g/mol. The van der Waals surface area contributed by atoms with Crippen molar-refractivity contribution in [2.24, 2.45) is 0 Å². The van der Waals surface area contributed by atoms with Gasteiger partial charge in [-0.25, -0.2) is 9.97 Å². The highest BCUT2D eigenvalue weighted by Gasteiger charge is 2.11. The molecule has 1 aromatic heterocycles. The molecule has 1 heterocycles. The molecule has 0 unspecified atom stereocenters. The molecule has 0 amide bonds. The second-order valence-corrected chi connectivity index (χ2v) is 5.37. The third-order valence-corrected chi connectivity index (χ3v) is 3.92. The first-order valence-corrected chi connectivity index (χ1v) is 6.74. The van der Waals surface area contributed by atoms with Crippen LogP contribution in [-0.2, 0) is 6.54 Å². The average Bonchev–Trinajstić information content (AvgIpc) is 2.35. The molecular formula is C12H10BrCl2N3. The van der Waals surface area contributed by atoms with E-state index in [0.29, 0.717) is 16.2 Å². The Bertz CT molecular complexity index is 546. The molecule has 0 aliphatic carbocycles. The van der Waals surface area contributed by atoms with Gasteiger partial charge in [-0.1, -0.05) is 35.3 Å². The first kappa shape index (κ1) is 13.6. The van der Waals surface area contributed by atoms with Crippen molar-refractivity contribution < 1.29 is 0 Å². The van der Waals surface area contributed by atoms with Crippen molar-refractivity contribution in [3.8, 4) is 0 Å². The Morgan fingerprint density at radius 3 is 2.50 bits per heavy atom. The van der Waals surface area contributed by atoms with Crippen molar-refractivity contribution in [2.75, 3.05) is 11.9 Å². The van der Waals surface area contributed by atoms with Crippen LogP contribution in [0.25, 0.3) is 0 Å². The van der Waals surface area contributed by atoms with Gasteiger partial charge in [-0.2, -0.15) is 0 Å². The third-order valence-electron chi connectivity index (χ3n) is 2.42. The minimum atomic E-state index is 0.406. The Balaban J connectivity index is 2.19. The van der Waals surface area contributed by atoms with E-state index in [9.17, 15) is 0 Å². The molecular weight excluding hydrogens is 337 g/mol. The maximum Gasteiger partial charge on any atom is 0.148 e. The fraction of sp³-hybridized carbons (Fsp3) is 0.167. The number of rotatable bonds is 3. The predicted molar refractivity (Wildman–Crippen MR) is 78.3 cm³/mol. The van der Waals surface area contributed by atoms with E-state index in [1.165, 1.54) is 6.33 Å². The van der Waals surface area contributed by atoms with Gasteiger partial charge in [0.05, 0.1) is 4.47 Å². The summed E-state index contributed by atoms with van der Waals surface area (Å²) in [5.74, 6) is 0.755. The van der Waals surface area contributed by atoms with Crippen LogP contribution in [-0.4, -0.2) is 17.0 Å². The molecule has 0 bridgehead atoms. The van der Waals surface area contributed by atoms with Crippen molar-refractivity contribution in [1.29, 1.82) is 0 Å². The molecule has 2 aromatic rings. The lowest BCUT2D eigenvalue weighted by Gasteiger charge is -2.19. The van der Waals surface area contributed by atoms with E-state index < -0.39 is 0 Å². The van der Waals surface area contributed by atoms with Crippen LogP contribution in [0.1, 0.15) is 5.56 Å². The first-order valence-electron chi connectivity index (χ1n) is 5.19. The molecule has 2 rings (SSSR count). The van der Waals surface area contributed by atoms with Crippen LogP contribution < -0.4 is 4.90 Å². The Morgan fingerprint density at radius 2 is 1.83 bits per heavy atom. The van der Waals surface area contributed by atoms with E-state index >= 15 is 0 Å². The lowest BCUT2D eigenvalue weighted by atomic mass is 10.2. The van der Waals surface area contributed by atoms with Crippen molar-refractivity contribution in [2.45, 2.75) is 6.54 Å². The molecule has 0 fully saturated rings. The summed E-state index contributed by atoms with van der Waals surface area (Å²) in [5, 5.41) is 1.13. The summed E-state index contributed by atoms with van der Waals surface area (Å²) in [4.78, 5) is 10.1. The fourth-order valence-electron chi connectivity index (χ4n) is 1.54. The quantitative estimate of drug-likeness (QED) is 0.780. The van der Waals surface area contributed by atoms with Gasteiger partial charge in [0.2, 0.25) is 0 Å². The highest BCUT2D eigenvalue weighted by molar-refractivity contribution is 9.10. The van der Waals surface area contributed by atoms with Crippen LogP contribution in [0.3, 0.4) is 0 Å². The van der Waals surface area contributed by atoms with Gasteiger partial charge in [0.25, 0.3) is 0 Å². The molecule has 0 spiro atoms. The lowest BCUT2D eigenvalue weighted by Crippen LogP contribution is -2.18. The van der Waals surface area contributed by atoms with E-state index in [-0.39, 0.29) is 0 Å². The summed E-state index contributed by atoms with van der Waals surface area (Å²) >= 11 is 15.2. The highest BCUT2D eigenvalue weighted by Crippen LogP contribution is 2.29. The topological polar surface area (TPSA) is 29.0 Å². The van der Waals surface area contributed by atoms with Gasteiger partial charge in [0.15, 0.2) is 0 Å². The molecule has 6 heteroatoms. The molecule has 0 aliphatic heterocycles. The van der Waals surface area contributed by atoms with Gasteiger partial charge >= 0.3 is 0 Å². The number of hydrogen-bond donors (Lipinski definition) is 0. The molecule has 94 valence electrons. The third kappa shape index (κ3) is 3.13. The number of anilines is 1. The largest absolute Gasteiger partial charge is 0.354 e. The fourth-order valence-corrected chi connectivity index (χ4v) is 2.31. The molecule has 18 heavy (non-hydrogen) atoms. The molecule has 0 aliphatic rings. The molecule has 1 aromatic carbocycles. The zero-order chi connectivity index (χ0) is 13.1. The van der Waals surface area contributed by atoms with Gasteiger partial charge in [0, 0.05) is 18.6 Å². The summed E-state index contributed by atoms with van der Waals surface area (Å²) in [5.41, 5.74) is 1.14. The Hall–Kier alpha value is -0.840. The SMILES string of the molecule is CN(Cc1ccc(Cl)cc1)c1ncnc(Cl)c1Br. The van der Waals surface area contributed by atoms with E-state index in [1.807, 2.05) is 36.2 Å². The van der Waals surface area contributed by atoms with Gasteiger partial charge in [0.1, 0.15) is 17.3 Å². The van der Waals surface area contributed by atoms with E-state index in [1.54, 1.807) is 0 Å². The number of hydrogen-bond acceptors (Lipinski definition) is 3. The zero-order valence-electron chi connectivity index (χ0n) is 9.57. The molecule has 0 saturated carbocycles. The minimum absolute atomic E-state index is 0.406. The maximum absolute atomic E-state index is 5.94. The maximum atomic E-state index is 5.94. The summed E-state index contributed by atoms with van der Waals surface area (Å²) < 4.78 is 0.697. The molecule has 0 radical (unpaired) electrons. The van der Waals surface area contributed by atoms with Gasteiger partial charge in [-0.05, 0) is 33.6 Å². The van der Waals surface area contributed by atoms with E-state index in [0.717, 1.165) is 16.4 Å². The number of aromatic nitrogens is 2. The predicted octanol–water partition coefficient (Wildman–Crippen LogP) is 4.18. The van der Waals surface area contributed by atoms with Crippen molar-refractivity contribution in [3.63, 3.8) is 0 Å². The Morgan fingerprint density at radius 1 is 1.17 bits per heavy atom. The smallest absolute Gasteiger partial charge is 0.148 e. The molecule has 0 N–H and O–H groups in total. The first-order chi connectivity index (χ1) is 8.58. The molecule has 0 atom stereocenters. The van der Waals surface area contributed by atoms with Crippen LogP contribution in [0.2, 0.25) is 10.2 Å². The van der Waals surface area contributed by atoms with Gasteiger partial charge < -0.3 is 4.90 Å². The van der Waals surface area contributed by atoms with E-state index in [2.05, 4.69) is 25.9 Å². The number of benzene rings is 1. The van der Waals surface area contributed by atoms with E-state index in [4.69, 9.17) is 23.2 Å². The van der Waals surface area contributed by atoms with Crippen LogP contribution in [0.5, 0.6) is 0 Å². The lowest BCUT2D eigenvalue weighted by molar-refractivity contribution is 0.886. The standard InChI is InChI=1S/C12H10BrCl2N3/c1-18(6-8-2-4-9(14)5-3-8)12-10(13)11(15)16-7-17-12/h2-5,7H,6H2,1H3. The van der Waals surface area contributed by atoms with Crippen LogP contribution >= 0.6 is 39.1 Å². The monoisotopic (exact) mass is 345 g/mol. The highest BCUT2D eigenvalue weighted by atomic mass is 79.9. The minimum Gasteiger partial charge on any atom is -0.354 e. The number of nitrogens with zero attached hydrogens (tertiary/aromatic N) is 3. The summed E-state index contributed by atoms with van der Waals surface area (Å²) in [6.45, 7) is 0.711. The van der Waals surface area contributed by atoms with Gasteiger partial charge in [-0.3, -0.25) is 0 Å². The second kappa shape index (κ2) is 5.87. The Kier molecular flexibility index (Phi) is 4.43.